The molecule has 0 spiro atoms. The van der Waals surface area contributed by atoms with Crippen molar-refractivity contribution in [2.24, 2.45) is 0 Å². The number of piperidine rings is 1. The van der Waals surface area contributed by atoms with Crippen LogP contribution in [-0.4, -0.2) is 53.4 Å². The highest BCUT2D eigenvalue weighted by atomic mass is 16.5. The minimum Gasteiger partial charge on any atom is -0.383 e. The van der Waals surface area contributed by atoms with Crippen LogP contribution in [0.2, 0.25) is 0 Å². The Kier molecular flexibility index (Phi) is 6.26. The van der Waals surface area contributed by atoms with Crippen LogP contribution in [0.3, 0.4) is 0 Å². The van der Waals surface area contributed by atoms with E-state index in [1.807, 2.05) is 18.2 Å². The first-order valence-corrected chi connectivity index (χ1v) is 9.46. The average Bonchev–Trinajstić information content (AvgIpc) is 3.16. The molecule has 0 saturated carbocycles. The molecule has 1 atom stereocenters. The molecule has 0 radical (unpaired) electrons. The van der Waals surface area contributed by atoms with E-state index in [0.717, 1.165) is 25.9 Å². The molecule has 6 heteroatoms. The van der Waals surface area contributed by atoms with Gasteiger partial charge in [-0.25, -0.2) is 4.79 Å². The summed E-state index contributed by atoms with van der Waals surface area (Å²) in [5.41, 5.74) is -0.219. The summed E-state index contributed by atoms with van der Waals surface area (Å²) in [5, 5.41) is 13.8. The Balaban J connectivity index is 1.34. The van der Waals surface area contributed by atoms with E-state index >= 15 is 0 Å². The summed E-state index contributed by atoms with van der Waals surface area (Å²) < 4.78 is 5.61. The molecule has 3 rings (SSSR count). The minimum absolute atomic E-state index is 0.0276. The number of carbonyl (C=O) groups excluding carboxylic acids is 1. The summed E-state index contributed by atoms with van der Waals surface area (Å²) in [4.78, 5) is 18.3. The topological polar surface area (TPSA) is 74.7 Å². The van der Waals surface area contributed by atoms with Crippen LogP contribution in [0.5, 0.6) is 0 Å². The second kappa shape index (κ2) is 8.63. The highest BCUT2D eigenvalue weighted by molar-refractivity contribution is 5.74. The lowest BCUT2D eigenvalue weighted by Crippen LogP contribution is -2.49. The molecule has 2 amide bonds. The lowest BCUT2D eigenvalue weighted by atomic mass is 9.88. The lowest BCUT2D eigenvalue weighted by molar-refractivity contribution is -0.0203. The number of nitrogens with zero attached hydrogens (tertiary/aromatic N) is 2. The Labute approximate surface area is 149 Å². The quantitative estimate of drug-likeness (QED) is 0.775. The van der Waals surface area contributed by atoms with Crippen LogP contribution in [0.25, 0.3) is 0 Å². The standard InChI is InChI=1S/C19H29N3O3/c23-18(21-12-3-1-6-16-7-5-15-25-16)22-13-9-19(24,10-14-22)17-8-2-4-11-20-17/h2,4,8,11,16,24H,1,3,5-7,9-10,12-15H2,(H,21,23)/t16-/m0/s1. The number of hydrogen-bond acceptors (Lipinski definition) is 4. The van der Waals surface area contributed by atoms with Crippen LogP contribution in [0.4, 0.5) is 4.79 Å². The molecule has 2 fully saturated rings. The van der Waals surface area contributed by atoms with E-state index in [4.69, 9.17) is 4.74 Å². The van der Waals surface area contributed by atoms with Gasteiger partial charge >= 0.3 is 6.03 Å². The number of ether oxygens (including phenoxy) is 1. The number of hydrogen-bond donors (Lipinski definition) is 2. The van der Waals surface area contributed by atoms with E-state index in [-0.39, 0.29) is 6.03 Å². The third-order valence-corrected chi connectivity index (χ3v) is 5.27. The van der Waals surface area contributed by atoms with Crippen molar-refractivity contribution in [3.05, 3.63) is 30.1 Å². The maximum atomic E-state index is 12.3. The zero-order chi connectivity index (χ0) is 17.5. The first-order chi connectivity index (χ1) is 12.2. The highest BCUT2D eigenvalue weighted by Gasteiger charge is 2.36. The van der Waals surface area contributed by atoms with Crippen molar-refractivity contribution >= 4 is 6.03 Å². The van der Waals surface area contributed by atoms with Gasteiger partial charge in [-0.15, -0.1) is 0 Å². The fourth-order valence-electron chi connectivity index (χ4n) is 3.65. The largest absolute Gasteiger partial charge is 0.383 e. The molecule has 2 aliphatic heterocycles. The third-order valence-electron chi connectivity index (χ3n) is 5.27. The number of amides is 2. The Hall–Kier alpha value is -1.66. The van der Waals surface area contributed by atoms with Crippen LogP contribution in [0, 0.1) is 0 Å². The number of pyridine rings is 1. The van der Waals surface area contributed by atoms with E-state index in [2.05, 4.69) is 10.3 Å². The molecular formula is C19H29N3O3. The van der Waals surface area contributed by atoms with Gasteiger partial charge in [0.25, 0.3) is 0 Å². The molecule has 1 aromatic rings. The molecule has 1 aromatic heterocycles. The monoisotopic (exact) mass is 347 g/mol. The average molecular weight is 347 g/mol. The zero-order valence-corrected chi connectivity index (χ0v) is 14.8. The number of likely N-dealkylation sites (tertiary alicyclic amines) is 1. The zero-order valence-electron chi connectivity index (χ0n) is 14.8. The van der Waals surface area contributed by atoms with E-state index in [1.54, 1.807) is 11.1 Å². The van der Waals surface area contributed by atoms with E-state index in [0.29, 0.717) is 44.3 Å². The van der Waals surface area contributed by atoms with Gasteiger partial charge in [-0.05, 0) is 57.1 Å². The van der Waals surface area contributed by atoms with E-state index in [1.165, 1.54) is 12.8 Å². The Morgan fingerprint density at radius 2 is 2.20 bits per heavy atom. The van der Waals surface area contributed by atoms with Gasteiger partial charge in [0.2, 0.25) is 0 Å². The summed E-state index contributed by atoms with van der Waals surface area (Å²) >= 11 is 0. The number of nitrogens with one attached hydrogen (secondary N) is 1. The molecule has 2 saturated heterocycles. The maximum Gasteiger partial charge on any atom is 0.317 e. The van der Waals surface area contributed by atoms with Gasteiger partial charge in [-0.2, -0.15) is 0 Å². The molecular weight excluding hydrogens is 318 g/mol. The van der Waals surface area contributed by atoms with Crippen molar-refractivity contribution in [3.8, 4) is 0 Å². The predicted octanol–water partition coefficient (Wildman–Crippen LogP) is 2.42. The van der Waals surface area contributed by atoms with Crippen molar-refractivity contribution in [2.75, 3.05) is 26.2 Å². The Bertz CT molecular complexity index is 538. The number of aliphatic hydroxyl groups is 1. The van der Waals surface area contributed by atoms with Gasteiger partial charge in [0.15, 0.2) is 0 Å². The molecule has 3 heterocycles. The van der Waals surface area contributed by atoms with Gasteiger partial charge in [-0.3, -0.25) is 4.98 Å². The first kappa shape index (κ1) is 18.1. The molecule has 25 heavy (non-hydrogen) atoms. The van der Waals surface area contributed by atoms with Crippen LogP contribution >= 0.6 is 0 Å². The lowest BCUT2D eigenvalue weighted by Gasteiger charge is -2.37. The molecule has 0 aliphatic carbocycles. The van der Waals surface area contributed by atoms with Gasteiger partial charge in [0.05, 0.1) is 11.8 Å². The van der Waals surface area contributed by atoms with E-state index < -0.39 is 5.60 Å². The van der Waals surface area contributed by atoms with Gasteiger partial charge in [0, 0.05) is 32.4 Å². The Morgan fingerprint density at radius 3 is 2.88 bits per heavy atom. The van der Waals surface area contributed by atoms with Crippen LogP contribution in [0.1, 0.15) is 50.6 Å². The summed E-state index contributed by atoms with van der Waals surface area (Å²) in [5.74, 6) is 0. The summed E-state index contributed by atoms with van der Waals surface area (Å²) in [6, 6.07) is 5.55. The molecule has 2 N–H and O–H groups in total. The second-order valence-electron chi connectivity index (χ2n) is 7.10. The maximum absolute atomic E-state index is 12.3. The summed E-state index contributed by atoms with van der Waals surface area (Å²) in [6.07, 6.45) is 8.71. The predicted molar refractivity (Wildman–Crippen MR) is 95.2 cm³/mol. The van der Waals surface area contributed by atoms with Crippen LogP contribution < -0.4 is 5.32 Å². The van der Waals surface area contributed by atoms with Crippen molar-refractivity contribution in [2.45, 2.75) is 56.7 Å². The van der Waals surface area contributed by atoms with Crippen molar-refractivity contribution < 1.29 is 14.6 Å². The van der Waals surface area contributed by atoms with Crippen LogP contribution in [-0.2, 0) is 10.3 Å². The van der Waals surface area contributed by atoms with E-state index in [9.17, 15) is 9.90 Å². The smallest absolute Gasteiger partial charge is 0.317 e. The van der Waals surface area contributed by atoms with Crippen LogP contribution in [0.15, 0.2) is 24.4 Å². The van der Waals surface area contributed by atoms with Gasteiger partial charge < -0.3 is 20.1 Å². The Morgan fingerprint density at radius 1 is 1.36 bits per heavy atom. The highest BCUT2D eigenvalue weighted by Crippen LogP contribution is 2.31. The van der Waals surface area contributed by atoms with Gasteiger partial charge in [-0.1, -0.05) is 6.07 Å². The first-order valence-electron chi connectivity index (χ1n) is 9.46. The molecule has 138 valence electrons. The molecule has 2 aliphatic rings. The number of carbonyl (C=O) groups is 1. The fraction of sp³-hybridized carbons (Fsp3) is 0.684. The molecule has 0 aromatic carbocycles. The normalized spacial score (nSPS) is 22.8. The SMILES string of the molecule is O=C(NCCCC[C@H]1CCCO1)N1CCC(O)(c2ccccn2)CC1. The minimum atomic E-state index is -0.917. The number of rotatable bonds is 6. The van der Waals surface area contributed by atoms with Crippen molar-refractivity contribution in [1.29, 1.82) is 0 Å². The summed E-state index contributed by atoms with van der Waals surface area (Å²) in [7, 11) is 0. The van der Waals surface area contributed by atoms with Gasteiger partial charge in [0.1, 0.15) is 5.60 Å². The van der Waals surface area contributed by atoms with Crippen molar-refractivity contribution in [1.82, 2.24) is 15.2 Å². The number of urea groups is 1. The molecule has 0 bridgehead atoms. The van der Waals surface area contributed by atoms with Crippen molar-refractivity contribution in [3.63, 3.8) is 0 Å². The third kappa shape index (κ3) is 4.92. The fourth-order valence-corrected chi connectivity index (χ4v) is 3.65. The molecule has 6 nitrogen and oxygen atoms in total. The summed E-state index contributed by atoms with van der Waals surface area (Å²) in [6.45, 7) is 2.71. The second-order valence-corrected chi connectivity index (χ2v) is 7.10. The number of unbranched alkanes of at least 4 members (excludes halogenated alkanes) is 1. The molecule has 0 unspecified atom stereocenters. The number of aromatic nitrogens is 1.